The van der Waals surface area contributed by atoms with Crippen LogP contribution in [0, 0.1) is 0 Å². The molecular weight excluding hydrogens is 294 g/mol. The molecule has 1 aromatic carbocycles. The summed E-state index contributed by atoms with van der Waals surface area (Å²) in [5.41, 5.74) is 6.71. The van der Waals surface area contributed by atoms with Crippen LogP contribution in [0.1, 0.15) is 43.0 Å². The number of carbonyl (C=O) groups is 1. The van der Waals surface area contributed by atoms with E-state index in [2.05, 4.69) is 18.2 Å². The third-order valence-electron chi connectivity index (χ3n) is 5.11. The zero-order valence-corrected chi connectivity index (χ0v) is 13.4. The van der Waals surface area contributed by atoms with Crippen LogP contribution in [0.5, 0.6) is 0 Å². The minimum absolute atomic E-state index is 0.168. The third-order valence-corrected chi connectivity index (χ3v) is 6.31. The second-order valence-electron chi connectivity index (χ2n) is 6.60. The zero-order valence-electron chi connectivity index (χ0n) is 12.6. The van der Waals surface area contributed by atoms with Crippen LogP contribution in [0.3, 0.4) is 0 Å². The van der Waals surface area contributed by atoms with Gasteiger partial charge in [0.2, 0.25) is 5.91 Å². The van der Waals surface area contributed by atoms with Crippen LogP contribution in [0.2, 0.25) is 0 Å². The van der Waals surface area contributed by atoms with Gasteiger partial charge in [-0.3, -0.25) is 4.79 Å². The highest BCUT2D eigenvalue weighted by atomic mass is 32.1. The molecule has 2 N–H and O–H groups in total. The Labute approximate surface area is 134 Å². The predicted molar refractivity (Wildman–Crippen MR) is 88.9 cm³/mol. The van der Waals surface area contributed by atoms with Gasteiger partial charge in [0, 0.05) is 19.0 Å². The molecule has 1 aliphatic heterocycles. The first-order valence-corrected chi connectivity index (χ1v) is 8.91. The van der Waals surface area contributed by atoms with Gasteiger partial charge >= 0.3 is 0 Å². The van der Waals surface area contributed by atoms with Crippen molar-refractivity contribution in [3.05, 3.63) is 29.3 Å². The Kier molecular flexibility index (Phi) is 3.42. The Morgan fingerprint density at radius 3 is 2.64 bits per heavy atom. The van der Waals surface area contributed by atoms with Gasteiger partial charge in [-0.25, -0.2) is 4.98 Å². The predicted octanol–water partition coefficient (Wildman–Crippen LogP) is 2.88. The van der Waals surface area contributed by atoms with Crippen molar-refractivity contribution in [1.82, 2.24) is 9.88 Å². The highest BCUT2D eigenvalue weighted by molar-refractivity contribution is 7.18. The van der Waals surface area contributed by atoms with Crippen molar-refractivity contribution >= 4 is 27.5 Å². The van der Waals surface area contributed by atoms with Crippen LogP contribution in [0.15, 0.2) is 24.3 Å². The van der Waals surface area contributed by atoms with Crippen molar-refractivity contribution in [1.29, 1.82) is 0 Å². The summed E-state index contributed by atoms with van der Waals surface area (Å²) in [6, 6.07) is 8.30. The summed E-state index contributed by atoms with van der Waals surface area (Å²) in [6.45, 7) is 1.64. The molecule has 22 heavy (non-hydrogen) atoms. The number of fused-ring (bicyclic) bond motifs is 1. The molecule has 1 saturated heterocycles. The number of para-hydroxylation sites is 1. The molecule has 0 atom stereocenters. The fourth-order valence-corrected chi connectivity index (χ4v) is 4.62. The first-order chi connectivity index (χ1) is 10.7. The summed E-state index contributed by atoms with van der Waals surface area (Å²) in [5, 5.41) is 1.22. The normalized spacial score (nSPS) is 21.8. The number of rotatable bonds is 2. The standard InChI is InChI=1S/C17H21N3OS/c18-17(8-3-9-17)16(21)20-10-6-12(7-11-20)15-19-13-4-1-2-5-14(13)22-15/h1-2,4-5,12H,3,6-11,18H2. The third kappa shape index (κ3) is 2.32. The number of nitrogens with zero attached hydrogens (tertiary/aromatic N) is 2. The Morgan fingerprint density at radius 2 is 2.00 bits per heavy atom. The van der Waals surface area contributed by atoms with E-state index in [1.807, 2.05) is 11.0 Å². The van der Waals surface area contributed by atoms with Crippen molar-refractivity contribution < 1.29 is 4.79 Å². The molecule has 0 unspecified atom stereocenters. The molecule has 4 rings (SSSR count). The average Bonchev–Trinajstić information content (AvgIpc) is 2.96. The van der Waals surface area contributed by atoms with Gasteiger partial charge in [-0.2, -0.15) is 0 Å². The molecule has 116 valence electrons. The van der Waals surface area contributed by atoms with Gasteiger partial charge in [0.05, 0.1) is 20.8 Å². The molecule has 1 aliphatic carbocycles. The number of amides is 1. The molecular formula is C17H21N3OS. The minimum atomic E-state index is -0.553. The monoisotopic (exact) mass is 315 g/mol. The van der Waals surface area contributed by atoms with Crippen LogP contribution in [-0.4, -0.2) is 34.4 Å². The fourth-order valence-electron chi connectivity index (χ4n) is 3.48. The quantitative estimate of drug-likeness (QED) is 0.927. The molecule has 4 nitrogen and oxygen atoms in total. The summed E-state index contributed by atoms with van der Waals surface area (Å²) in [6.07, 6.45) is 4.79. The highest BCUT2D eigenvalue weighted by Gasteiger charge is 2.43. The minimum Gasteiger partial charge on any atom is -0.341 e. The lowest BCUT2D eigenvalue weighted by Gasteiger charge is -2.42. The molecule has 0 radical (unpaired) electrons. The average molecular weight is 315 g/mol. The van der Waals surface area contributed by atoms with Gasteiger partial charge in [0.15, 0.2) is 0 Å². The van der Waals surface area contributed by atoms with Gasteiger partial charge in [-0.05, 0) is 44.2 Å². The van der Waals surface area contributed by atoms with Crippen LogP contribution in [0.25, 0.3) is 10.2 Å². The number of thiazole rings is 1. The van der Waals surface area contributed by atoms with Gasteiger partial charge < -0.3 is 10.6 Å². The van der Waals surface area contributed by atoms with Crippen LogP contribution in [-0.2, 0) is 4.79 Å². The smallest absolute Gasteiger partial charge is 0.242 e. The van der Waals surface area contributed by atoms with E-state index in [9.17, 15) is 4.79 Å². The molecule has 5 heteroatoms. The summed E-state index contributed by atoms with van der Waals surface area (Å²) in [7, 11) is 0. The first kappa shape index (κ1) is 14.2. The molecule has 0 spiro atoms. The number of aromatic nitrogens is 1. The molecule has 2 fully saturated rings. The van der Waals surface area contributed by atoms with E-state index in [1.165, 1.54) is 9.71 Å². The molecule has 2 heterocycles. The second-order valence-corrected chi connectivity index (χ2v) is 7.66. The van der Waals surface area contributed by atoms with Crippen molar-refractivity contribution in [2.45, 2.75) is 43.6 Å². The van der Waals surface area contributed by atoms with Gasteiger partial charge in [-0.15, -0.1) is 11.3 Å². The maximum Gasteiger partial charge on any atom is 0.242 e. The molecule has 0 bridgehead atoms. The number of carbonyl (C=O) groups excluding carboxylic acids is 1. The van der Waals surface area contributed by atoms with Crippen molar-refractivity contribution in [3.63, 3.8) is 0 Å². The fraction of sp³-hybridized carbons (Fsp3) is 0.529. The van der Waals surface area contributed by atoms with Crippen LogP contribution < -0.4 is 5.73 Å². The lowest BCUT2D eigenvalue weighted by Crippen LogP contribution is -2.60. The number of nitrogens with two attached hydrogens (primary N) is 1. The highest BCUT2D eigenvalue weighted by Crippen LogP contribution is 2.36. The lowest BCUT2D eigenvalue weighted by atomic mass is 9.76. The topological polar surface area (TPSA) is 59.2 Å². The van der Waals surface area contributed by atoms with Crippen molar-refractivity contribution in [2.24, 2.45) is 5.73 Å². The summed E-state index contributed by atoms with van der Waals surface area (Å²) < 4.78 is 1.26. The van der Waals surface area contributed by atoms with E-state index in [4.69, 9.17) is 10.7 Å². The SMILES string of the molecule is NC1(C(=O)N2CCC(c3nc4ccccc4s3)CC2)CCC1. The Bertz CT molecular complexity index is 666. The van der Waals surface area contributed by atoms with Crippen LogP contribution >= 0.6 is 11.3 Å². The summed E-state index contributed by atoms with van der Waals surface area (Å²) in [4.78, 5) is 19.2. The first-order valence-electron chi connectivity index (χ1n) is 8.09. The van der Waals surface area contributed by atoms with Gasteiger partial charge in [0.25, 0.3) is 0 Å². The summed E-state index contributed by atoms with van der Waals surface area (Å²) in [5.74, 6) is 0.651. The molecule has 2 aromatic rings. The van der Waals surface area contributed by atoms with Gasteiger partial charge in [-0.1, -0.05) is 12.1 Å². The zero-order chi connectivity index (χ0) is 15.2. The van der Waals surface area contributed by atoms with E-state index in [1.54, 1.807) is 11.3 Å². The van der Waals surface area contributed by atoms with E-state index < -0.39 is 5.54 Å². The largest absolute Gasteiger partial charge is 0.341 e. The van der Waals surface area contributed by atoms with Crippen molar-refractivity contribution in [3.8, 4) is 0 Å². The number of hydrogen-bond donors (Lipinski definition) is 1. The maximum atomic E-state index is 12.5. The molecule has 2 aliphatic rings. The Morgan fingerprint density at radius 1 is 1.27 bits per heavy atom. The Balaban J connectivity index is 1.44. The van der Waals surface area contributed by atoms with Gasteiger partial charge in [0.1, 0.15) is 0 Å². The van der Waals surface area contributed by atoms with E-state index in [0.717, 1.165) is 50.7 Å². The van der Waals surface area contributed by atoms with E-state index >= 15 is 0 Å². The van der Waals surface area contributed by atoms with Crippen LogP contribution in [0.4, 0.5) is 0 Å². The van der Waals surface area contributed by atoms with E-state index in [0.29, 0.717) is 5.92 Å². The maximum absolute atomic E-state index is 12.5. The number of benzene rings is 1. The second kappa shape index (κ2) is 5.32. The number of piperidine rings is 1. The van der Waals surface area contributed by atoms with E-state index in [-0.39, 0.29) is 5.91 Å². The Hall–Kier alpha value is -1.46. The molecule has 1 amide bonds. The lowest BCUT2D eigenvalue weighted by molar-refractivity contribution is -0.141. The number of likely N-dealkylation sites (tertiary alicyclic amines) is 1. The molecule has 1 saturated carbocycles. The number of hydrogen-bond acceptors (Lipinski definition) is 4. The van der Waals surface area contributed by atoms with Crippen molar-refractivity contribution in [2.75, 3.05) is 13.1 Å². The molecule has 1 aromatic heterocycles. The summed E-state index contributed by atoms with van der Waals surface area (Å²) >= 11 is 1.80.